The predicted octanol–water partition coefficient (Wildman–Crippen LogP) is 3.32. The van der Waals surface area contributed by atoms with E-state index in [0.717, 1.165) is 36.6 Å². The SMILES string of the molecule is COc1cc2nc(C3CCC3)n(CC3CCCNC3)c2cc1OC. The molecule has 1 N–H and O–H groups in total. The molecule has 1 saturated heterocycles. The molecule has 2 fully saturated rings. The number of nitrogens with one attached hydrogen (secondary N) is 1. The summed E-state index contributed by atoms with van der Waals surface area (Å²) in [6, 6.07) is 4.12. The topological polar surface area (TPSA) is 48.3 Å². The Bertz CT molecular complexity index is 715. The number of hydrogen-bond acceptors (Lipinski definition) is 4. The average molecular weight is 329 g/mol. The van der Waals surface area contributed by atoms with Crippen LogP contribution >= 0.6 is 0 Å². The van der Waals surface area contributed by atoms with Gasteiger partial charge in [-0.1, -0.05) is 6.42 Å². The Hall–Kier alpha value is -1.75. The Kier molecular flexibility index (Phi) is 4.35. The first-order valence-electron chi connectivity index (χ1n) is 9.13. The number of nitrogens with zero attached hydrogens (tertiary/aromatic N) is 2. The summed E-state index contributed by atoms with van der Waals surface area (Å²) in [7, 11) is 3.38. The van der Waals surface area contributed by atoms with E-state index in [1.807, 2.05) is 6.07 Å². The second-order valence-corrected chi connectivity index (χ2v) is 7.12. The van der Waals surface area contributed by atoms with Crippen LogP contribution < -0.4 is 14.8 Å². The van der Waals surface area contributed by atoms with E-state index >= 15 is 0 Å². The molecule has 0 amide bonds. The highest BCUT2D eigenvalue weighted by molar-refractivity contribution is 5.81. The summed E-state index contributed by atoms with van der Waals surface area (Å²) in [4.78, 5) is 4.99. The van der Waals surface area contributed by atoms with E-state index in [1.54, 1.807) is 14.2 Å². The number of fused-ring (bicyclic) bond motifs is 1. The smallest absolute Gasteiger partial charge is 0.163 e. The number of imidazole rings is 1. The molecule has 2 aliphatic rings. The van der Waals surface area contributed by atoms with E-state index in [4.69, 9.17) is 14.5 Å². The van der Waals surface area contributed by atoms with Gasteiger partial charge in [0.05, 0.1) is 25.3 Å². The van der Waals surface area contributed by atoms with Crippen LogP contribution in [0.5, 0.6) is 11.5 Å². The zero-order valence-electron chi connectivity index (χ0n) is 14.7. The molecule has 5 heteroatoms. The maximum atomic E-state index is 5.52. The number of ether oxygens (including phenoxy) is 2. The summed E-state index contributed by atoms with van der Waals surface area (Å²) in [5.74, 6) is 4.10. The number of aromatic nitrogens is 2. The van der Waals surface area contributed by atoms with E-state index in [9.17, 15) is 0 Å². The zero-order valence-corrected chi connectivity index (χ0v) is 14.7. The van der Waals surface area contributed by atoms with Gasteiger partial charge in [-0.3, -0.25) is 0 Å². The van der Waals surface area contributed by atoms with Crippen LogP contribution in [0.4, 0.5) is 0 Å². The highest BCUT2D eigenvalue weighted by Crippen LogP contribution is 2.40. The molecule has 4 rings (SSSR count). The summed E-state index contributed by atoms with van der Waals surface area (Å²) >= 11 is 0. The van der Waals surface area contributed by atoms with Gasteiger partial charge in [-0.15, -0.1) is 0 Å². The van der Waals surface area contributed by atoms with Crippen LogP contribution in [0, 0.1) is 5.92 Å². The van der Waals surface area contributed by atoms with E-state index in [2.05, 4.69) is 16.0 Å². The molecule has 1 aromatic heterocycles. The molecule has 0 bridgehead atoms. The molecule has 1 saturated carbocycles. The molecule has 1 unspecified atom stereocenters. The van der Waals surface area contributed by atoms with Crippen molar-refractivity contribution in [2.75, 3.05) is 27.3 Å². The minimum absolute atomic E-state index is 0.617. The third-order valence-corrected chi connectivity index (χ3v) is 5.59. The van der Waals surface area contributed by atoms with Crippen molar-refractivity contribution in [1.82, 2.24) is 14.9 Å². The van der Waals surface area contributed by atoms with Gasteiger partial charge in [0.25, 0.3) is 0 Å². The molecule has 1 aliphatic carbocycles. The van der Waals surface area contributed by atoms with Gasteiger partial charge >= 0.3 is 0 Å². The summed E-state index contributed by atoms with van der Waals surface area (Å²) in [6.07, 6.45) is 6.42. The quantitative estimate of drug-likeness (QED) is 0.914. The fourth-order valence-electron chi connectivity index (χ4n) is 3.98. The van der Waals surface area contributed by atoms with Crippen molar-refractivity contribution in [3.63, 3.8) is 0 Å². The molecule has 5 nitrogen and oxygen atoms in total. The van der Waals surface area contributed by atoms with Crippen LogP contribution in [-0.4, -0.2) is 36.9 Å². The van der Waals surface area contributed by atoms with Crippen molar-refractivity contribution >= 4 is 11.0 Å². The van der Waals surface area contributed by atoms with Gasteiger partial charge in [0.2, 0.25) is 0 Å². The number of hydrogen-bond donors (Lipinski definition) is 1. The van der Waals surface area contributed by atoms with Gasteiger partial charge < -0.3 is 19.4 Å². The molecule has 2 aromatic rings. The first-order chi connectivity index (χ1) is 11.8. The van der Waals surface area contributed by atoms with Crippen LogP contribution in [0.2, 0.25) is 0 Å². The summed E-state index contributed by atoms with van der Waals surface area (Å²) in [5.41, 5.74) is 2.21. The van der Waals surface area contributed by atoms with Gasteiger partial charge in [-0.25, -0.2) is 4.98 Å². The maximum absolute atomic E-state index is 5.52. The fraction of sp³-hybridized carbons (Fsp3) is 0.632. The summed E-state index contributed by atoms with van der Waals surface area (Å²) in [5, 5.41) is 3.53. The monoisotopic (exact) mass is 329 g/mol. The van der Waals surface area contributed by atoms with Gasteiger partial charge in [0.1, 0.15) is 5.82 Å². The van der Waals surface area contributed by atoms with E-state index in [0.29, 0.717) is 11.8 Å². The molecule has 24 heavy (non-hydrogen) atoms. The predicted molar refractivity (Wildman–Crippen MR) is 95.0 cm³/mol. The normalized spacial score (nSPS) is 21.7. The number of benzene rings is 1. The maximum Gasteiger partial charge on any atom is 0.163 e. The molecule has 1 atom stereocenters. The Morgan fingerprint density at radius 3 is 2.54 bits per heavy atom. The lowest BCUT2D eigenvalue weighted by molar-refractivity contribution is 0.321. The van der Waals surface area contributed by atoms with Crippen LogP contribution in [0.15, 0.2) is 12.1 Å². The molecule has 130 valence electrons. The highest BCUT2D eigenvalue weighted by Gasteiger charge is 2.28. The number of rotatable bonds is 5. The second-order valence-electron chi connectivity index (χ2n) is 7.12. The Labute approximate surface area is 143 Å². The van der Waals surface area contributed by atoms with Gasteiger partial charge in [-0.05, 0) is 44.7 Å². The minimum atomic E-state index is 0.617. The van der Waals surface area contributed by atoms with Gasteiger partial charge in [0, 0.05) is 24.6 Å². The van der Waals surface area contributed by atoms with Crippen molar-refractivity contribution in [3.8, 4) is 11.5 Å². The molecular formula is C19H27N3O2. The van der Waals surface area contributed by atoms with Crippen molar-refractivity contribution in [2.24, 2.45) is 5.92 Å². The summed E-state index contributed by atoms with van der Waals surface area (Å²) < 4.78 is 13.4. The highest BCUT2D eigenvalue weighted by atomic mass is 16.5. The van der Waals surface area contributed by atoms with Crippen LogP contribution in [0.3, 0.4) is 0 Å². The molecule has 2 heterocycles. The lowest BCUT2D eigenvalue weighted by atomic mass is 9.84. The van der Waals surface area contributed by atoms with Crippen LogP contribution in [0.25, 0.3) is 11.0 Å². The first-order valence-corrected chi connectivity index (χ1v) is 9.13. The summed E-state index contributed by atoms with van der Waals surface area (Å²) in [6.45, 7) is 3.31. The van der Waals surface area contributed by atoms with E-state index in [-0.39, 0.29) is 0 Å². The van der Waals surface area contributed by atoms with Crippen LogP contribution in [-0.2, 0) is 6.54 Å². The van der Waals surface area contributed by atoms with E-state index in [1.165, 1.54) is 43.4 Å². The first kappa shape index (κ1) is 15.8. The molecule has 1 aromatic carbocycles. The standard InChI is InChI=1S/C19H27N3O2/c1-23-17-9-15-16(10-18(17)24-2)22(12-13-5-4-8-20-11-13)19(21-15)14-6-3-7-14/h9-10,13-14,20H,3-8,11-12H2,1-2H3. The second kappa shape index (κ2) is 6.63. The van der Waals surface area contributed by atoms with Crippen molar-refractivity contribution in [2.45, 2.75) is 44.6 Å². The lowest BCUT2D eigenvalue weighted by Crippen LogP contribution is -2.32. The minimum Gasteiger partial charge on any atom is -0.493 e. The van der Waals surface area contributed by atoms with Crippen molar-refractivity contribution < 1.29 is 9.47 Å². The number of piperidine rings is 1. The third-order valence-electron chi connectivity index (χ3n) is 5.59. The Morgan fingerprint density at radius 1 is 1.12 bits per heavy atom. The number of methoxy groups -OCH3 is 2. The fourth-order valence-corrected chi connectivity index (χ4v) is 3.98. The van der Waals surface area contributed by atoms with Crippen molar-refractivity contribution in [3.05, 3.63) is 18.0 Å². The van der Waals surface area contributed by atoms with Crippen molar-refractivity contribution in [1.29, 1.82) is 0 Å². The zero-order chi connectivity index (χ0) is 16.5. The molecule has 0 spiro atoms. The molecule has 0 radical (unpaired) electrons. The average Bonchev–Trinajstić information content (AvgIpc) is 2.90. The van der Waals surface area contributed by atoms with E-state index < -0.39 is 0 Å². The molecule has 1 aliphatic heterocycles. The van der Waals surface area contributed by atoms with Crippen LogP contribution in [0.1, 0.15) is 43.8 Å². The largest absolute Gasteiger partial charge is 0.493 e. The third kappa shape index (κ3) is 2.75. The lowest BCUT2D eigenvalue weighted by Gasteiger charge is -2.28. The molecular weight excluding hydrogens is 302 g/mol. The van der Waals surface area contributed by atoms with Gasteiger partial charge in [0.15, 0.2) is 11.5 Å². The Balaban J connectivity index is 1.77. The van der Waals surface area contributed by atoms with Gasteiger partial charge in [-0.2, -0.15) is 0 Å². The Morgan fingerprint density at radius 2 is 1.92 bits per heavy atom.